The number of fused-ring (bicyclic) bond motifs is 1. The Morgan fingerprint density at radius 2 is 2.07 bits per heavy atom. The zero-order chi connectivity index (χ0) is 11.0. The van der Waals surface area contributed by atoms with Crippen LogP contribution in [0.25, 0.3) is 0 Å². The second-order valence-corrected chi connectivity index (χ2v) is 4.53. The lowest BCUT2D eigenvalue weighted by Crippen LogP contribution is -2.24. The first-order chi connectivity index (χ1) is 7.09. The van der Waals surface area contributed by atoms with Crippen molar-refractivity contribution in [1.29, 1.82) is 0 Å². The second-order valence-electron chi connectivity index (χ2n) is 4.53. The summed E-state index contributed by atoms with van der Waals surface area (Å²) < 4.78 is 13.0. The van der Waals surface area contributed by atoms with Gasteiger partial charge in [0.15, 0.2) is 0 Å². The van der Waals surface area contributed by atoms with Gasteiger partial charge in [0.05, 0.1) is 0 Å². The molecule has 0 bridgehead atoms. The van der Waals surface area contributed by atoms with E-state index in [-0.39, 0.29) is 11.7 Å². The van der Waals surface area contributed by atoms with Crippen molar-refractivity contribution in [3.05, 3.63) is 35.1 Å². The largest absolute Gasteiger partial charge is 0.299 e. The molecular weight excluding hydrogens is 191 g/mol. The lowest BCUT2D eigenvalue weighted by atomic mass is 9.76. The normalized spacial score (nSPS) is 20.5. The highest BCUT2D eigenvalue weighted by Crippen LogP contribution is 2.34. The summed E-state index contributed by atoms with van der Waals surface area (Å²) >= 11 is 0. The molecule has 1 aromatic carbocycles. The number of benzene rings is 1. The number of halogens is 1. The first-order valence-electron chi connectivity index (χ1n) is 5.40. The minimum atomic E-state index is -0.203. The van der Waals surface area contributed by atoms with Crippen molar-refractivity contribution in [3.8, 4) is 0 Å². The van der Waals surface area contributed by atoms with Crippen LogP contribution in [0.1, 0.15) is 37.3 Å². The lowest BCUT2D eigenvalue weighted by Gasteiger charge is -2.27. The summed E-state index contributed by atoms with van der Waals surface area (Å²) in [5.74, 6) is 0.353. The SMILES string of the molecule is CC(C)[C@H]1C(=O)CCc2cc(F)ccc21. The van der Waals surface area contributed by atoms with Gasteiger partial charge in [-0.15, -0.1) is 0 Å². The predicted molar refractivity (Wildman–Crippen MR) is 57.3 cm³/mol. The number of Topliss-reactive ketones (excluding diaryl/α,β-unsaturated/α-hetero) is 1. The summed E-state index contributed by atoms with van der Waals surface area (Å²) in [6.45, 7) is 4.09. The zero-order valence-corrected chi connectivity index (χ0v) is 9.09. The van der Waals surface area contributed by atoms with Crippen LogP contribution < -0.4 is 0 Å². The van der Waals surface area contributed by atoms with Gasteiger partial charge in [0.1, 0.15) is 11.6 Å². The standard InChI is InChI=1S/C13H15FO/c1-8(2)13-11-5-4-10(14)7-9(11)3-6-12(13)15/h4-5,7-8,13H,3,6H2,1-2H3/t13-/m1/s1. The molecule has 1 nitrogen and oxygen atoms in total. The van der Waals surface area contributed by atoms with Crippen molar-refractivity contribution >= 4 is 5.78 Å². The third-order valence-electron chi connectivity index (χ3n) is 3.09. The molecule has 80 valence electrons. The average molecular weight is 206 g/mol. The number of ketones is 1. The van der Waals surface area contributed by atoms with Crippen LogP contribution in [-0.2, 0) is 11.2 Å². The highest BCUT2D eigenvalue weighted by atomic mass is 19.1. The zero-order valence-electron chi connectivity index (χ0n) is 9.09. The highest BCUT2D eigenvalue weighted by Gasteiger charge is 2.29. The Bertz CT molecular complexity index is 396. The smallest absolute Gasteiger partial charge is 0.140 e. The van der Waals surface area contributed by atoms with E-state index in [9.17, 15) is 9.18 Å². The van der Waals surface area contributed by atoms with Gasteiger partial charge in [0, 0.05) is 12.3 Å². The van der Waals surface area contributed by atoms with Gasteiger partial charge >= 0.3 is 0 Å². The molecule has 2 rings (SSSR count). The molecule has 2 heteroatoms. The average Bonchev–Trinajstić information content (AvgIpc) is 2.17. The van der Waals surface area contributed by atoms with E-state index in [4.69, 9.17) is 0 Å². The minimum absolute atomic E-state index is 0.0330. The number of carbonyl (C=O) groups is 1. The topological polar surface area (TPSA) is 17.1 Å². The molecule has 1 atom stereocenters. The maximum absolute atomic E-state index is 13.0. The Kier molecular flexibility index (Phi) is 2.59. The fourth-order valence-corrected chi connectivity index (χ4v) is 2.41. The number of aryl methyl sites for hydroxylation is 1. The minimum Gasteiger partial charge on any atom is -0.299 e. The summed E-state index contributed by atoms with van der Waals surface area (Å²) in [6, 6.07) is 4.79. The fourth-order valence-electron chi connectivity index (χ4n) is 2.41. The van der Waals surface area contributed by atoms with E-state index in [0.29, 0.717) is 24.5 Å². The van der Waals surface area contributed by atoms with Crippen molar-refractivity contribution < 1.29 is 9.18 Å². The van der Waals surface area contributed by atoms with Crippen LogP contribution >= 0.6 is 0 Å². The number of hydrogen-bond acceptors (Lipinski definition) is 1. The monoisotopic (exact) mass is 206 g/mol. The lowest BCUT2D eigenvalue weighted by molar-refractivity contribution is -0.121. The van der Waals surface area contributed by atoms with Gasteiger partial charge < -0.3 is 0 Å². The van der Waals surface area contributed by atoms with Crippen LogP contribution in [0.2, 0.25) is 0 Å². The predicted octanol–water partition coefficient (Wildman–Crippen LogP) is 3.08. The first kappa shape index (κ1) is 10.3. The molecule has 0 aliphatic heterocycles. The molecule has 0 saturated carbocycles. The maximum atomic E-state index is 13.0. The Morgan fingerprint density at radius 1 is 1.33 bits per heavy atom. The molecule has 0 fully saturated rings. The molecule has 1 aromatic rings. The van der Waals surface area contributed by atoms with Gasteiger partial charge in [-0.05, 0) is 35.6 Å². The summed E-state index contributed by atoms with van der Waals surface area (Å²) in [7, 11) is 0. The second kappa shape index (κ2) is 3.76. The van der Waals surface area contributed by atoms with E-state index >= 15 is 0 Å². The Morgan fingerprint density at radius 3 is 2.73 bits per heavy atom. The molecule has 0 amide bonds. The molecular formula is C13H15FO. The van der Waals surface area contributed by atoms with Crippen molar-refractivity contribution in [2.75, 3.05) is 0 Å². The van der Waals surface area contributed by atoms with E-state index in [1.165, 1.54) is 6.07 Å². The van der Waals surface area contributed by atoms with E-state index in [1.54, 1.807) is 12.1 Å². The molecule has 0 saturated heterocycles. The van der Waals surface area contributed by atoms with Crippen LogP contribution in [0.5, 0.6) is 0 Å². The maximum Gasteiger partial charge on any atom is 0.140 e. The Balaban J connectivity index is 2.48. The van der Waals surface area contributed by atoms with E-state index < -0.39 is 0 Å². The Labute approximate surface area is 89.3 Å². The van der Waals surface area contributed by atoms with E-state index in [0.717, 1.165) is 11.1 Å². The van der Waals surface area contributed by atoms with Crippen LogP contribution in [0, 0.1) is 11.7 Å². The van der Waals surface area contributed by atoms with Crippen molar-refractivity contribution in [2.45, 2.75) is 32.6 Å². The molecule has 0 spiro atoms. The van der Waals surface area contributed by atoms with Gasteiger partial charge in [-0.1, -0.05) is 19.9 Å². The summed E-state index contributed by atoms with van der Waals surface area (Å²) in [6.07, 6.45) is 1.24. The summed E-state index contributed by atoms with van der Waals surface area (Å²) in [5.41, 5.74) is 2.04. The molecule has 0 heterocycles. The van der Waals surface area contributed by atoms with Crippen molar-refractivity contribution in [3.63, 3.8) is 0 Å². The third kappa shape index (κ3) is 1.81. The Hall–Kier alpha value is -1.18. The number of rotatable bonds is 1. The molecule has 15 heavy (non-hydrogen) atoms. The number of carbonyl (C=O) groups excluding carboxylic acids is 1. The molecule has 0 unspecified atom stereocenters. The molecule has 1 aliphatic carbocycles. The van der Waals surface area contributed by atoms with Gasteiger partial charge in [-0.2, -0.15) is 0 Å². The van der Waals surface area contributed by atoms with Crippen LogP contribution in [-0.4, -0.2) is 5.78 Å². The van der Waals surface area contributed by atoms with Crippen LogP contribution in [0.4, 0.5) is 4.39 Å². The van der Waals surface area contributed by atoms with Crippen LogP contribution in [0.15, 0.2) is 18.2 Å². The molecule has 0 radical (unpaired) electrons. The van der Waals surface area contributed by atoms with Crippen molar-refractivity contribution in [2.24, 2.45) is 5.92 Å². The first-order valence-corrected chi connectivity index (χ1v) is 5.40. The molecule has 1 aliphatic rings. The highest BCUT2D eigenvalue weighted by molar-refractivity contribution is 5.88. The third-order valence-corrected chi connectivity index (χ3v) is 3.09. The van der Waals surface area contributed by atoms with E-state index in [2.05, 4.69) is 0 Å². The van der Waals surface area contributed by atoms with E-state index in [1.807, 2.05) is 13.8 Å². The number of hydrogen-bond donors (Lipinski definition) is 0. The van der Waals surface area contributed by atoms with Crippen LogP contribution in [0.3, 0.4) is 0 Å². The van der Waals surface area contributed by atoms with Crippen molar-refractivity contribution in [1.82, 2.24) is 0 Å². The molecule has 0 aromatic heterocycles. The van der Waals surface area contributed by atoms with Gasteiger partial charge in [0.2, 0.25) is 0 Å². The van der Waals surface area contributed by atoms with Gasteiger partial charge in [-0.25, -0.2) is 4.39 Å². The summed E-state index contributed by atoms with van der Waals surface area (Å²) in [5, 5.41) is 0. The molecule has 0 N–H and O–H groups in total. The summed E-state index contributed by atoms with van der Waals surface area (Å²) in [4.78, 5) is 11.8. The van der Waals surface area contributed by atoms with Gasteiger partial charge in [-0.3, -0.25) is 4.79 Å². The fraction of sp³-hybridized carbons (Fsp3) is 0.462. The quantitative estimate of drug-likeness (QED) is 0.690. The van der Waals surface area contributed by atoms with Gasteiger partial charge in [0.25, 0.3) is 0 Å².